The monoisotopic (exact) mass is 364 g/mol. The van der Waals surface area contributed by atoms with Gasteiger partial charge in [0, 0.05) is 0 Å². The summed E-state index contributed by atoms with van der Waals surface area (Å²) >= 11 is 0. The van der Waals surface area contributed by atoms with Crippen LogP contribution in [0.2, 0.25) is 0 Å². The number of hydrogen-bond acceptors (Lipinski definition) is 5. The lowest BCUT2D eigenvalue weighted by Crippen LogP contribution is -2.39. The van der Waals surface area contributed by atoms with Gasteiger partial charge in [0.15, 0.2) is 0 Å². The molecule has 3 atom stereocenters. The highest BCUT2D eigenvalue weighted by molar-refractivity contribution is 5.79. The Bertz CT molecular complexity index is 574. The minimum atomic E-state index is -0.572. The van der Waals surface area contributed by atoms with Gasteiger partial charge in [-0.1, -0.05) is 39.0 Å². The average molecular weight is 364 g/mol. The number of ether oxygens (including phenoxy) is 3. The molecule has 0 N–H and O–H groups in total. The molecule has 0 saturated carbocycles. The summed E-state index contributed by atoms with van der Waals surface area (Å²) in [5.74, 6) is -0.520. The molecule has 0 spiro atoms. The second-order valence-electron chi connectivity index (χ2n) is 7.97. The smallest absolute Gasteiger partial charge is 0.309 e. The van der Waals surface area contributed by atoms with E-state index in [0.29, 0.717) is 0 Å². The highest BCUT2D eigenvalue weighted by Gasteiger charge is 2.29. The molecule has 1 aromatic carbocycles. The lowest BCUT2D eigenvalue weighted by Gasteiger charge is -2.29. The molecule has 1 aromatic rings. The number of esters is 2. The molecule has 0 unspecified atom stereocenters. The molecule has 0 bridgehead atoms. The van der Waals surface area contributed by atoms with Crippen LogP contribution in [-0.4, -0.2) is 29.7 Å². The first-order chi connectivity index (χ1) is 12.0. The lowest BCUT2D eigenvalue weighted by atomic mass is 10.0. The van der Waals surface area contributed by atoms with Crippen molar-refractivity contribution in [1.29, 1.82) is 0 Å². The fraction of sp³-hybridized carbons (Fsp3) is 0.619. The van der Waals surface area contributed by atoms with Gasteiger partial charge in [0.1, 0.15) is 23.6 Å². The summed E-state index contributed by atoms with van der Waals surface area (Å²) in [7, 11) is 0. The molecule has 1 rings (SSSR count). The van der Waals surface area contributed by atoms with E-state index in [4.69, 9.17) is 14.2 Å². The zero-order chi connectivity index (χ0) is 19.9. The van der Waals surface area contributed by atoms with E-state index in [0.717, 1.165) is 5.75 Å². The van der Waals surface area contributed by atoms with E-state index >= 15 is 0 Å². The zero-order valence-electron chi connectivity index (χ0n) is 16.9. The number of hydrogen-bond donors (Lipinski definition) is 0. The molecule has 0 aliphatic carbocycles. The van der Waals surface area contributed by atoms with Gasteiger partial charge in [-0.05, 0) is 45.7 Å². The van der Waals surface area contributed by atoms with Crippen LogP contribution in [0.3, 0.4) is 0 Å². The summed E-state index contributed by atoms with van der Waals surface area (Å²) in [5, 5.41) is 0. The van der Waals surface area contributed by atoms with E-state index in [1.165, 1.54) is 0 Å². The first-order valence-corrected chi connectivity index (χ1v) is 9.13. The Labute approximate surface area is 157 Å². The fourth-order valence-electron chi connectivity index (χ4n) is 2.51. The molecule has 146 valence electrons. The Morgan fingerprint density at radius 1 is 1.00 bits per heavy atom. The Morgan fingerprint density at radius 2 is 1.58 bits per heavy atom. The maximum Gasteiger partial charge on any atom is 0.309 e. The summed E-state index contributed by atoms with van der Waals surface area (Å²) in [6.45, 7) is 12.9. The molecular formula is C21H32O5. The molecule has 26 heavy (non-hydrogen) atoms. The number of rotatable bonds is 8. The van der Waals surface area contributed by atoms with Gasteiger partial charge in [-0.25, -0.2) is 0 Å². The van der Waals surface area contributed by atoms with Crippen LogP contribution >= 0.6 is 0 Å². The van der Waals surface area contributed by atoms with E-state index in [1.54, 1.807) is 27.7 Å². The van der Waals surface area contributed by atoms with Crippen LogP contribution in [-0.2, 0) is 19.1 Å². The topological polar surface area (TPSA) is 61.8 Å². The van der Waals surface area contributed by atoms with E-state index in [1.807, 2.05) is 51.1 Å². The van der Waals surface area contributed by atoms with Crippen LogP contribution in [0.4, 0.5) is 0 Å². The summed E-state index contributed by atoms with van der Waals surface area (Å²) in [5.41, 5.74) is -0.569. The third-order valence-corrected chi connectivity index (χ3v) is 3.73. The highest BCUT2D eigenvalue weighted by atomic mass is 16.6. The van der Waals surface area contributed by atoms with Crippen molar-refractivity contribution in [3.05, 3.63) is 30.3 Å². The molecule has 0 heterocycles. The summed E-state index contributed by atoms with van der Waals surface area (Å²) in [6.07, 6.45) is -0.729. The Kier molecular flexibility index (Phi) is 8.12. The molecule has 0 fully saturated rings. The largest absolute Gasteiger partial charge is 0.486 e. The maximum absolute atomic E-state index is 12.3. The van der Waals surface area contributed by atoms with Gasteiger partial charge in [0.2, 0.25) is 0 Å². The molecule has 0 aromatic heterocycles. The maximum atomic E-state index is 12.3. The zero-order valence-corrected chi connectivity index (χ0v) is 16.9. The molecular weight excluding hydrogens is 332 g/mol. The summed E-state index contributed by atoms with van der Waals surface area (Å²) in [4.78, 5) is 24.2. The fourth-order valence-corrected chi connectivity index (χ4v) is 2.51. The van der Waals surface area contributed by atoms with Gasteiger partial charge >= 0.3 is 11.9 Å². The molecule has 0 radical (unpaired) electrons. The van der Waals surface area contributed by atoms with E-state index in [9.17, 15) is 9.59 Å². The molecule has 5 heteroatoms. The van der Waals surface area contributed by atoms with Crippen molar-refractivity contribution in [3.63, 3.8) is 0 Å². The number of para-hydroxylation sites is 1. The summed E-state index contributed by atoms with van der Waals surface area (Å²) < 4.78 is 16.8. The van der Waals surface area contributed by atoms with Gasteiger partial charge in [-0.3, -0.25) is 9.59 Å². The highest BCUT2D eigenvalue weighted by Crippen LogP contribution is 2.21. The first kappa shape index (κ1) is 22.0. The van der Waals surface area contributed by atoms with E-state index in [-0.39, 0.29) is 18.4 Å². The van der Waals surface area contributed by atoms with Crippen molar-refractivity contribution in [1.82, 2.24) is 0 Å². The Balaban J connectivity index is 2.63. The quantitative estimate of drug-likeness (QED) is 0.640. The van der Waals surface area contributed by atoms with Gasteiger partial charge in [-0.15, -0.1) is 0 Å². The third-order valence-electron chi connectivity index (χ3n) is 3.73. The van der Waals surface area contributed by atoms with Crippen LogP contribution < -0.4 is 4.74 Å². The van der Waals surface area contributed by atoms with Gasteiger partial charge in [-0.2, -0.15) is 0 Å². The predicted octanol–water partition coefficient (Wildman–Crippen LogP) is 4.39. The van der Waals surface area contributed by atoms with Gasteiger partial charge in [0.25, 0.3) is 0 Å². The number of benzene rings is 1. The Morgan fingerprint density at radius 3 is 2.08 bits per heavy atom. The summed E-state index contributed by atoms with van der Waals surface area (Å²) in [6, 6.07) is 9.45. The third kappa shape index (κ3) is 7.89. The molecule has 0 aliphatic heterocycles. The van der Waals surface area contributed by atoms with Crippen molar-refractivity contribution < 1.29 is 23.8 Å². The van der Waals surface area contributed by atoms with Crippen LogP contribution in [0.1, 0.15) is 54.9 Å². The van der Waals surface area contributed by atoms with Crippen LogP contribution in [0.15, 0.2) is 30.3 Å². The SMILES string of the molecule is CC(C)[C@@H](Oc1ccccc1)[C@@H](C)OC(=O)[C@@H](C)CC(=O)OC(C)(C)C. The van der Waals surface area contributed by atoms with Gasteiger partial charge in [0.05, 0.1) is 12.3 Å². The second kappa shape index (κ2) is 9.60. The molecule has 0 aliphatic rings. The minimum absolute atomic E-state index is 0.00525. The normalized spacial score (nSPS) is 15.1. The standard InChI is InChI=1S/C21H32O5/c1-14(2)19(25-17-11-9-8-10-12-17)16(4)24-20(23)15(3)13-18(22)26-21(5,6)7/h8-12,14-16,19H,13H2,1-7H3/t15-,16+,19+/m0/s1. The second-order valence-corrected chi connectivity index (χ2v) is 7.97. The van der Waals surface area contributed by atoms with Crippen LogP contribution in [0.5, 0.6) is 5.75 Å². The van der Waals surface area contributed by atoms with E-state index in [2.05, 4.69) is 0 Å². The predicted molar refractivity (Wildman–Crippen MR) is 101 cm³/mol. The molecule has 0 amide bonds. The Hall–Kier alpha value is -2.04. The lowest BCUT2D eigenvalue weighted by molar-refractivity contribution is -0.165. The average Bonchev–Trinajstić information content (AvgIpc) is 2.51. The van der Waals surface area contributed by atoms with Crippen LogP contribution in [0, 0.1) is 11.8 Å². The number of carbonyl (C=O) groups is 2. The number of carbonyl (C=O) groups excluding carboxylic acids is 2. The van der Waals surface area contributed by atoms with Crippen molar-refractivity contribution in [2.24, 2.45) is 11.8 Å². The first-order valence-electron chi connectivity index (χ1n) is 9.13. The van der Waals surface area contributed by atoms with Crippen molar-refractivity contribution >= 4 is 11.9 Å². The molecule has 5 nitrogen and oxygen atoms in total. The van der Waals surface area contributed by atoms with Crippen molar-refractivity contribution in [2.45, 2.75) is 72.7 Å². The van der Waals surface area contributed by atoms with E-state index < -0.39 is 29.6 Å². The van der Waals surface area contributed by atoms with Crippen LogP contribution in [0.25, 0.3) is 0 Å². The van der Waals surface area contributed by atoms with Gasteiger partial charge < -0.3 is 14.2 Å². The van der Waals surface area contributed by atoms with Crippen molar-refractivity contribution in [3.8, 4) is 5.75 Å². The molecule has 0 saturated heterocycles. The van der Waals surface area contributed by atoms with Crippen molar-refractivity contribution in [2.75, 3.05) is 0 Å². The minimum Gasteiger partial charge on any atom is -0.486 e.